The normalized spacial score (nSPS) is 24.0. The van der Waals surface area contributed by atoms with Crippen LogP contribution in [0.2, 0.25) is 0 Å². The second-order valence-corrected chi connectivity index (χ2v) is 6.78. The number of nitrogens with two attached hydrogens (primary N) is 1. The Kier molecular flexibility index (Phi) is 5.00. The number of nitrogens with one attached hydrogen (secondary N) is 1. The monoisotopic (exact) mass is 345 g/mol. The van der Waals surface area contributed by atoms with Crippen molar-refractivity contribution in [3.63, 3.8) is 0 Å². The van der Waals surface area contributed by atoms with Crippen LogP contribution in [0.1, 0.15) is 31.2 Å². The first-order chi connectivity index (χ1) is 9.04. The average Bonchev–Trinajstić information content (AvgIpc) is 2.76. The largest absolute Gasteiger partial charge is 0.353 e. The summed E-state index contributed by atoms with van der Waals surface area (Å²) in [6, 6.07) is 2.13. The molecule has 0 radical (unpaired) electrons. The Labute approximate surface area is 126 Å². The molecule has 1 aliphatic rings. The zero-order valence-electron chi connectivity index (χ0n) is 11.2. The van der Waals surface area contributed by atoms with Gasteiger partial charge in [0, 0.05) is 33.9 Å². The summed E-state index contributed by atoms with van der Waals surface area (Å²) in [5, 5.41) is 5.00. The lowest BCUT2D eigenvalue weighted by Crippen LogP contribution is -2.58. The zero-order valence-corrected chi connectivity index (χ0v) is 13.6. The Morgan fingerprint density at radius 1 is 1.68 bits per heavy atom. The van der Waals surface area contributed by atoms with Gasteiger partial charge in [-0.25, -0.2) is 0 Å². The van der Waals surface area contributed by atoms with Crippen molar-refractivity contribution in [2.75, 3.05) is 13.1 Å². The number of nitrogens with zero attached hydrogens (tertiary/aromatic N) is 1. The Morgan fingerprint density at radius 2 is 2.42 bits per heavy atom. The Balaban J connectivity index is 2.30. The highest BCUT2D eigenvalue weighted by Crippen LogP contribution is 2.33. The molecule has 1 amide bonds. The minimum absolute atomic E-state index is 0.00880. The van der Waals surface area contributed by atoms with Crippen LogP contribution >= 0.6 is 27.3 Å². The van der Waals surface area contributed by atoms with Crippen LogP contribution in [0, 0.1) is 0 Å². The van der Waals surface area contributed by atoms with Gasteiger partial charge in [0.15, 0.2) is 0 Å². The summed E-state index contributed by atoms with van der Waals surface area (Å²) in [6.45, 7) is 5.61. The highest BCUT2D eigenvalue weighted by molar-refractivity contribution is 9.10. The van der Waals surface area contributed by atoms with Gasteiger partial charge >= 0.3 is 0 Å². The fourth-order valence-electron chi connectivity index (χ4n) is 2.69. The van der Waals surface area contributed by atoms with Crippen molar-refractivity contribution in [2.45, 2.75) is 38.4 Å². The van der Waals surface area contributed by atoms with Gasteiger partial charge in [0.1, 0.15) is 0 Å². The maximum Gasteiger partial charge on any atom is 0.237 e. The number of carbonyl (C=O) groups is 1. The first-order valence-corrected chi connectivity index (χ1v) is 8.24. The number of hydrogen-bond acceptors (Lipinski definition) is 4. The second-order valence-electron chi connectivity index (χ2n) is 4.92. The van der Waals surface area contributed by atoms with E-state index in [1.165, 1.54) is 4.88 Å². The lowest BCUT2D eigenvalue weighted by atomic mass is 10.0. The van der Waals surface area contributed by atoms with Crippen LogP contribution in [0.25, 0.3) is 0 Å². The lowest BCUT2D eigenvalue weighted by molar-refractivity contribution is -0.130. The van der Waals surface area contributed by atoms with Crippen LogP contribution in [0.3, 0.4) is 0 Å². The molecule has 0 spiro atoms. The van der Waals surface area contributed by atoms with Gasteiger partial charge in [-0.05, 0) is 35.3 Å². The Hall–Kier alpha value is -0.430. The molecule has 3 N–H and O–H groups in total. The van der Waals surface area contributed by atoms with Crippen molar-refractivity contribution >= 4 is 33.2 Å². The Bertz CT molecular complexity index is 449. The molecule has 0 aliphatic carbocycles. The molecule has 1 saturated heterocycles. The highest BCUT2D eigenvalue weighted by Gasteiger charge is 2.36. The number of halogens is 1. The zero-order chi connectivity index (χ0) is 14.0. The molecule has 4 nitrogen and oxygen atoms in total. The molecule has 1 aromatic heterocycles. The molecule has 0 bridgehead atoms. The van der Waals surface area contributed by atoms with E-state index in [1.807, 2.05) is 13.8 Å². The van der Waals surface area contributed by atoms with Gasteiger partial charge in [-0.2, -0.15) is 0 Å². The van der Waals surface area contributed by atoms with E-state index >= 15 is 0 Å². The van der Waals surface area contributed by atoms with Crippen molar-refractivity contribution in [3.05, 3.63) is 20.8 Å². The molecule has 1 aliphatic heterocycles. The highest BCUT2D eigenvalue weighted by atomic mass is 79.9. The van der Waals surface area contributed by atoms with E-state index in [0.29, 0.717) is 6.54 Å². The summed E-state index contributed by atoms with van der Waals surface area (Å²) in [5.41, 5.74) is 6.19. The van der Waals surface area contributed by atoms with Gasteiger partial charge in [-0.15, -0.1) is 11.3 Å². The summed E-state index contributed by atoms with van der Waals surface area (Å²) >= 11 is 5.18. The summed E-state index contributed by atoms with van der Waals surface area (Å²) in [7, 11) is 0. The van der Waals surface area contributed by atoms with Gasteiger partial charge in [0.25, 0.3) is 0 Å². The number of thiophene rings is 1. The molecule has 1 fully saturated rings. The van der Waals surface area contributed by atoms with E-state index in [0.717, 1.165) is 17.4 Å². The minimum Gasteiger partial charge on any atom is -0.353 e. The van der Waals surface area contributed by atoms with Crippen LogP contribution in [-0.2, 0) is 4.79 Å². The van der Waals surface area contributed by atoms with Crippen molar-refractivity contribution in [2.24, 2.45) is 5.73 Å². The van der Waals surface area contributed by atoms with E-state index in [4.69, 9.17) is 5.73 Å². The number of amides is 1. The van der Waals surface area contributed by atoms with Gasteiger partial charge in [0.2, 0.25) is 5.91 Å². The standard InChI is InChI=1S/C13H20BrN3OS/c1-3-10-13(18)16-4-5-17(10)12(8(2)15)11-6-9(14)7-19-11/h6-8,10,12H,3-5,15H2,1-2H3,(H,16,18). The van der Waals surface area contributed by atoms with Crippen molar-refractivity contribution in [3.8, 4) is 0 Å². The molecule has 19 heavy (non-hydrogen) atoms. The van der Waals surface area contributed by atoms with E-state index < -0.39 is 0 Å². The lowest BCUT2D eigenvalue weighted by Gasteiger charge is -2.41. The summed E-state index contributed by atoms with van der Waals surface area (Å²) in [6.07, 6.45) is 0.807. The quantitative estimate of drug-likeness (QED) is 0.878. The molecule has 6 heteroatoms. The van der Waals surface area contributed by atoms with E-state index in [9.17, 15) is 4.79 Å². The van der Waals surface area contributed by atoms with E-state index in [1.54, 1.807) is 11.3 Å². The van der Waals surface area contributed by atoms with Crippen LogP contribution in [0.5, 0.6) is 0 Å². The van der Waals surface area contributed by atoms with Gasteiger partial charge in [-0.3, -0.25) is 9.69 Å². The maximum atomic E-state index is 12.0. The predicted molar refractivity (Wildman–Crippen MR) is 82.2 cm³/mol. The first kappa shape index (κ1) is 15.0. The molecule has 106 valence electrons. The fraction of sp³-hybridized carbons (Fsp3) is 0.615. The average molecular weight is 346 g/mol. The summed E-state index contributed by atoms with van der Waals surface area (Å²) in [4.78, 5) is 15.5. The van der Waals surface area contributed by atoms with Crippen LogP contribution in [-0.4, -0.2) is 36.0 Å². The number of carbonyl (C=O) groups excluding carboxylic acids is 1. The fourth-order valence-corrected chi connectivity index (χ4v) is 4.37. The number of hydrogen-bond donors (Lipinski definition) is 2. The minimum atomic E-state index is -0.0781. The number of piperazine rings is 1. The molecular weight excluding hydrogens is 326 g/mol. The molecule has 2 rings (SSSR count). The predicted octanol–water partition coefficient (Wildman–Crippen LogP) is 2.11. The van der Waals surface area contributed by atoms with Crippen LogP contribution in [0.4, 0.5) is 0 Å². The maximum absolute atomic E-state index is 12.0. The van der Waals surface area contributed by atoms with Crippen molar-refractivity contribution in [1.82, 2.24) is 10.2 Å². The molecule has 1 aromatic rings. The van der Waals surface area contributed by atoms with Crippen LogP contribution < -0.4 is 11.1 Å². The van der Waals surface area contributed by atoms with Crippen molar-refractivity contribution < 1.29 is 4.79 Å². The van der Waals surface area contributed by atoms with E-state index in [2.05, 4.69) is 37.6 Å². The van der Waals surface area contributed by atoms with Crippen molar-refractivity contribution in [1.29, 1.82) is 0 Å². The van der Waals surface area contributed by atoms with Crippen LogP contribution in [0.15, 0.2) is 15.9 Å². The third-order valence-corrected chi connectivity index (χ3v) is 5.26. The number of rotatable bonds is 4. The third-order valence-electron chi connectivity index (χ3n) is 3.49. The van der Waals surface area contributed by atoms with Gasteiger partial charge < -0.3 is 11.1 Å². The topological polar surface area (TPSA) is 58.4 Å². The summed E-state index contributed by atoms with van der Waals surface area (Å²) < 4.78 is 1.08. The third kappa shape index (κ3) is 3.18. The molecule has 3 atom stereocenters. The molecular formula is C13H20BrN3OS. The van der Waals surface area contributed by atoms with E-state index in [-0.39, 0.29) is 24.0 Å². The molecule has 3 unspecified atom stereocenters. The Morgan fingerprint density at radius 3 is 2.95 bits per heavy atom. The molecule has 0 saturated carbocycles. The smallest absolute Gasteiger partial charge is 0.237 e. The molecule has 0 aromatic carbocycles. The SMILES string of the molecule is CCC1C(=O)NCCN1C(c1cc(Br)cs1)C(C)N. The summed E-state index contributed by atoms with van der Waals surface area (Å²) in [5.74, 6) is 0.120. The molecule has 2 heterocycles. The van der Waals surface area contributed by atoms with Gasteiger partial charge in [-0.1, -0.05) is 6.92 Å². The first-order valence-electron chi connectivity index (χ1n) is 6.57. The second kappa shape index (κ2) is 6.35. The van der Waals surface area contributed by atoms with Gasteiger partial charge in [0.05, 0.1) is 12.1 Å².